The fourth-order valence-electron chi connectivity index (χ4n) is 8.82. The Bertz CT molecular complexity index is 3130. The van der Waals surface area contributed by atoms with Gasteiger partial charge in [-0.05, 0) is 41.8 Å². The molecule has 1 atom stereocenters. The Balaban J connectivity index is 0.00000372. The maximum atomic E-state index is 16.9. The molecule has 7 heteroatoms. The van der Waals surface area contributed by atoms with E-state index in [0.29, 0.717) is 11.1 Å². The first-order valence-electron chi connectivity index (χ1n) is 18.2. The van der Waals surface area contributed by atoms with Crippen LogP contribution in [0.15, 0.2) is 152 Å². The van der Waals surface area contributed by atoms with Gasteiger partial charge in [0.05, 0.1) is 22.4 Å². The third-order valence-electron chi connectivity index (χ3n) is 11.2. The number of halogens is 1. The second-order valence-corrected chi connectivity index (χ2v) is 14.6. The average Bonchev–Trinajstić information content (AvgIpc) is 3.85. The van der Waals surface area contributed by atoms with Gasteiger partial charge in [0.1, 0.15) is 12.0 Å². The van der Waals surface area contributed by atoms with Gasteiger partial charge in [-0.2, -0.15) is 18.2 Å². The molecule has 0 aliphatic carbocycles. The monoisotopic (exact) mass is 803 g/mol. The first kappa shape index (κ1) is 33.4. The summed E-state index contributed by atoms with van der Waals surface area (Å²) in [6.07, 6.45) is 4.09. The maximum Gasteiger partial charge on any atom is 2.00 e. The van der Waals surface area contributed by atoms with E-state index in [2.05, 4.69) is 125 Å². The third-order valence-corrected chi connectivity index (χ3v) is 11.2. The number of nitrogens with zero attached hydrogens (tertiary/aromatic N) is 5. The Hall–Kier alpha value is -6.13. The summed E-state index contributed by atoms with van der Waals surface area (Å²) >= 11 is 0. The number of benzene rings is 6. The third kappa shape index (κ3) is 4.80. The number of anilines is 3. The van der Waals surface area contributed by atoms with Gasteiger partial charge >= 0.3 is 20.4 Å². The van der Waals surface area contributed by atoms with Gasteiger partial charge in [0.2, 0.25) is 0 Å². The Morgan fingerprint density at radius 1 is 0.636 bits per heavy atom. The number of alkyl halides is 1. The van der Waals surface area contributed by atoms with Gasteiger partial charge < -0.3 is 13.9 Å². The topological polar surface area (TPSA) is 38.4 Å². The van der Waals surface area contributed by atoms with Gasteiger partial charge in [-0.1, -0.05) is 103 Å². The van der Waals surface area contributed by atoms with Crippen molar-refractivity contribution in [2.45, 2.75) is 25.4 Å². The summed E-state index contributed by atoms with van der Waals surface area (Å²) in [5.41, 5.74) is 9.61. The van der Waals surface area contributed by atoms with E-state index < -0.39 is 11.6 Å². The molecule has 0 saturated carbocycles. The van der Waals surface area contributed by atoms with Crippen LogP contribution in [0.25, 0.3) is 54.8 Å². The molecule has 11 rings (SSSR count). The molecule has 0 N–H and O–H groups in total. The van der Waals surface area contributed by atoms with Crippen molar-refractivity contribution >= 4 is 66.3 Å². The van der Waals surface area contributed by atoms with Crippen LogP contribution in [0.3, 0.4) is 0 Å². The van der Waals surface area contributed by atoms with E-state index in [1.165, 1.54) is 16.3 Å². The molecule has 0 bridgehead atoms. The minimum Gasteiger partial charge on any atom is -0.340 e. The van der Waals surface area contributed by atoms with E-state index in [1.807, 2.05) is 65.3 Å². The first-order valence-corrected chi connectivity index (χ1v) is 18.2. The first-order chi connectivity index (χ1) is 26.5. The summed E-state index contributed by atoms with van der Waals surface area (Å²) in [5, 5.41) is 5.23. The number of imidazole rings is 1. The quantitative estimate of drug-likeness (QED) is 0.101. The molecule has 0 fully saturated rings. The Kier molecular flexibility index (Phi) is 7.58. The summed E-state index contributed by atoms with van der Waals surface area (Å²) in [4.78, 5) is 11.8. The standard InChI is InChI=1S/C48H32FN5.Pd/c1-48(2)39-18-11-25-50-47(39)54(42-24-23-37-36-17-7-9-20-41(36)53(45(37)43(42)48)32-13-4-3-5-14-32)33-15-10-12-30(28-33)44(49)31-21-22-34-35-16-6-8-19-40(35)52-27-26-51-46(52)38(34)29-31;/h3-27,44H,1-2H3;/q-2;+2. The molecular formula is C48H32FN5Pd. The van der Waals surface area contributed by atoms with Crippen molar-refractivity contribution in [3.8, 4) is 5.69 Å². The van der Waals surface area contributed by atoms with Crippen LogP contribution in [0, 0.1) is 12.1 Å². The average molecular weight is 804 g/mol. The number of para-hydroxylation sites is 3. The number of rotatable bonds is 4. The van der Waals surface area contributed by atoms with Gasteiger partial charge in [0.15, 0.2) is 0 Å². The molecule has 1 unspecified atom stereocenters. The van der Waals surface area contributed by atoms with Crippen molar-refractivity contribution < 1.29 is 24.8 Å². The van der Waals surface area contributed by atoms with Gasteiger partial charge in [0.25, 0.3) is 0 Å². The number of fused-ring (bicyclic) bond motifs is 12. The number of pyridine rings is 2. The summed E-state index contributed by atoms with van der Waals surface area (Å²) in [7, 11) is 0. The summed E-state index contributed by atoms with van der Waals surface area (Å²) in [6.45, 7) is 4.56. The molecule has 10 aromatic rings. The van der Waals surface area contributed by atoms with Crippen molar-refractivity contribution in [2.24, 2.45) is 0 Å². The van der Waals surface area contributed by atoms with Crippen LogP contribution in [-0.4, -0.2) is 18.9 Å². The van der Waals surface area contributed by atoms with Crippen LogP contribution in [0.5, 0.6) is 0 Å². The molecule has 4 aromatic heterocycles. The van der Waals surface area contributed by atoms with Crippen molar-refractivity contribution in [1.29, 1.82) is 0 Å². The van der Waals surface area contributed by atoms with Crippen LogP contribution in [0.4, 0.5) is 21.6 Å². The molecular weight excluding hydrogens is 772 g/mol. The fourth-order valence-corrected chi connectivity index (χ4v) is 8.82. The SMILES string of the molecule is CC1(C)c2cccnc2N(c2[c-]c(C(F)c3[c-]c4c(cc3)c3ccccc3n3ccnc43)ccc2)c2ccc3c4ccccc4n(-c4ccccc4)c3c21.[Pd+2]. The molecule has 5 heterocycles. The van der Waals surface area contributed by atoms with Crippen LogP contribution in [0.2, 0.25) is 0 Å². The summed E-state index contributed by atoms with van der Waals surface area (Å²) in [5.74, 6) is 0.811. The van der Waals surface area contributed by atoms with Crippen LogP contribution >= 0.6 is 0 Å². The van der Waals surface area contributed by atoms with E-state index in [4.69, 9.17) is 4.98 Å². The zero-order chi connectivity index (χ0) is 36.1. The molecule has 0 radical (unpaired) electrons. The predicted octanol–water partition coefficient (Wildman–Crippen LogP) is 11.9. The molecule has 1 aliphatic heterocycles. The minimum absolute atomic E-state index is 0. The van der Waals surface area contributed by atoms with Crippen molar-refractivity contribution in [3.05, 3.63) is 186 Å². The molecule has 266 valence electrons. The van der Waals surface area contributed by atoms with Gasteiger partial charge in [0, 0.05) is 57.1 Å². The normalized spacial score (nSPS) is 14.0. The Morgan fingerprint density at radius 2 is 1.36 bits per heavy atom. The molecule has 55 heavy (non-hydrogen) atoms. The summed E-state index contributed by atoms with van der Waals surface area (Å²) in [6, 6.07) is 52.5. The fraction of sp³-hybridized carbons (Fsp3) is 0.0833. The zero-order valence-electron chi connectivity index (χ0n) is 29.9. The van der Waals surface area contributed by atoms with E-state index in [1.54, 1.807) is 6.20 Å². The van der Waals surface area contributed by atoms with Gasteiger partial charge in [-0.15, -0.1) is 29.8 Å². The Labute approximate surface area is 331 Å². The van der Waals surface area contributed by atoms with Crippen molar-refractivity contribution in [1.82, 2.24) is 18.9 Å². The second-order valence-electron chi connectivity index (χ2n) is 14.6. The second kappa shape index (κ2) is 12.5. The Morgan fingerprint density at radius 3 is 2.20 bits per heavy atom. The van der Waals surface area contributed by atoms with Crippen LogP contribution < -0.4 is 4.90 Å². The molecule has 6 aromatic carbocycles. The summed E-state index contributed by atoms with van der Waals surface area (Å²) < 4.78 is 21.4. The molecule has 0 amide bonds. The van der Waals surface area contributed by atoms with Crippen LogP contribution in [0.1, 0.15) is 42.3 Å². The van der Waals surface area contributed by atoms with Gasteiger partial charge in [-0.3, -0.25) is 4.98 Å². The maximum absolute atomic E-state index is 16.9. The van der Waals surface area contributed by atoms with Crippen LogP contribution in [-0.2, 0) is 25.8 Å². The number of hydrogen-bond donors (Lipinski definition) is 0. The van der Waals surface area contributed by atoms with E-state index in [9.17, 15) is 0 Å². The zero-order valence-corrected chi connectivity index (χ0v) is 31.5. The molecule has 0 saturated heterocycles. The van der Waals surface area contributed by atoms with Gasteiger partial charge in [-0.25, -0.2) is 9.37 Å². The minimum atomic E-state index is -1.47. The largest absolute Gasteiger partial charge is 2.00 e. The van der Waals surface area contributed by atoms with Crippen molar-refractivity contribution in [2.75, 3.05) is 4.90 Å². The van der Waals surface area contributed by atoms with E-state index in [-0.39, 0.29) is 20.4 Å². The smallest absolute Gasteiger partial charge is 0.340 e. The molecule has 0 spiro atoms. The predicted molar refractivity (Wildman–Crippen MR) is 216 cm³/mol. The number of hydrogen-bond acceptors (Lipinski definition) is 3. The van der Waals surface area contributed by atoms with E-state index in [0.717, 1.165) is 66.8 Å². The van der Waals surface area contributed by atoms with E-state index >= 15 is 4.39 Å². The van der Waals surface area contributed by atoms with Crippen molar-refractivity contribution in [3.63, 3.8) is 0 Å². The number of aromatic nitrogens is 4. The molecule has 1 aliphatic rings. The molecule has 5 nitrogen and oxygen atoms in total.